The zero-order valence-corrected chi connectivity index (χ0v) is 13.4. The Morgan fingerprint density at radius 3 is 2.64 bits per heavy atom. The minimum absolute atomic E-state index is 0.273. The van der Waals surface area contributed by atoms with Crippen LogP contribution in [0.15, 0.2) is 17.7 Å². The molecule has 0 amide bonds. The van der Waals surface area contributed by atoms with Gasteiger partial charge in [-0.2, -0.15) is 0 Å². The zero-order valence-electron chi connectivity index (χ0n) is 12.6. The van der Waals surface area contributed by atoms with E-state index in [2.05, 4.69) is 15.0 Å². The van der Waals surface area contributed by atoms with Gasteiger partial charge in [-0.25, -0.2) is 19.7 Å². The Bertz CT molecular complexity index is 813. The Morgan fingerprint density at radius 1 is 1.24 bits per heavy atom. The van der Waals surface area contributed by atoms with Gasteiger partial charge in [0.15, 0.2) is 11.9 Å². The van der Waals surface area contributed by atoms with Crippen LogP contribution in [0.25, 0.3) is 11.2 Å². The summed E-state index contributed by atoms with van der Waals surface area (Å²) in [4.78, 5) is 34.0. The van der Waals surface area contributed by atoms with Gasteiger partial charge in [0.25, 0.3) is 0 Å². The molecule has 0 spiro atoms. The second-order valence-electron chi connectivity index (χ2n) is 5.25. The van der Waals surface area contributed by atoms with Gasteiger partial charge in [-0.15, -0.1) is 0 Å². The number of carbonyl (C=O) groups excluding carboxylic acids is 1. The van der Waals surface area contributed by atoms with Gasteiger partial charge in [0.05, 0.1) is 18.7 Å². The molecule has 11 nitrogen and oxygen atoms in total. The van der Waals surface area contributed by atoms with E-state index < -0.39 is 42.9 Å². The highest BCUT2D eigenvalue weighted by atomic mass is 32.2. The molecule has 0 saturated carbocycles. The molecular weight excluding hydrogens is 356 g/mol. The van der Waals surface area contributed by atoms with Crippen LogP contribution >= 0.6 is 11.8 Å². The van der Waals surface area contributed by atoms with Crippen molar-refractivity contribution in [2.45, 2.75) is 29.6 Å². The van der Waals surface area contributed by atoms with Gasteiger partial charge >= 0.3 is 5.97 Å². The quantitative estimate of drug-likeness (QED) is 0.257. The number of aliphatic carboxylic acids is 1. The molecule has 0 aromatic carbocycles. The molecule has 0 bridgehead atoms. The largest absolute Gasteiger partial charge is 0.475 e. The first-order chi connectivity index (χ1) is 11.9. The predicted octanol–water partition coefficient (Wildman–Crippen LogP) is -1.82. The summed E-state index contributed by atoms with van der Waals surface area (Å²) in [7, 11) is 0. The van der Waals surface area contributed by atoms with E-state index in [1.54, 1.807) is 0 Å². The Labute approximate surface area is 144 Å². The first-order valence-electron chi connectivity index (χ1n) is 7.13. The molecule has 1 aliphatic rings. The van der Waals surface area contributed by atoms with Gasteiger partial charge in [-0.3, -0.25) is 9.36 Å². The second-order valence-corrected chi connectivity index (χ2v) is 6.21. The number of fused-ring (bicyclic) bond motifs is 1. The number of aliphatic hydroxyl groups is 3. The highest BCUT2D eigenvalue weighted by Gasteiger charge is 2.44. The van der Waals surface area contributed by atoms with Crippen molar-refractivity contribution in [1.29, 1.82) is 0 Å². The monoisotopic (exact) mass is 370 g/mol. The van der Waals surface area contributed by atoms with Gasteiger partial charge in [0.2, 0.25) is 5.78 Å². The summed E-state index contributed by atoms with van der Waals surface area (Å²) in [6.45, 7) is -0.464. The van der Waals surface area contributed by atoms with Crippen LogP contribution < -0.4 is 0 Å². The third kappa shape index (κ3) is 3.21. The summed E-state index contributed by atoms with van der Waals surface area (Å²) in [5.41, 5.74) is 0.568. The topological polar surface area (TPSA) is 168 Å². The molecule has 4 unspecified atom stereocenters. The number of hydrogen-bond donors (Lipinski definition) is 4. The molecule has 1 aliphatic heterocycles. The molecule has 4 N–H and O–H groups in total. The number of ether oxygens (including phenoxy) is 1. The summed E-state index contributed by atoms with van der Waals surface area (Å²) in [5, 5.41) is 38.0. The number of nitrogens with zero attached hydrogens (tertiary/aromatic N) is 4. The average Bonchev–Trinajstić information content (AvgIpc) is 3.15. The second kappa shape index (κ2) is 7.01. The van der Waals surface area contributed by atoms with E-state index in [0.717, 1.165) is 11.8 Å². The van der Waals surface area contributed by atoms with E-state index in [1.165, 1.54) is 17.2 Å². The lowest BCUT2D eigenvalue weighted by atomic mass is 10.1. The normalized spacial score (nSPS) is 26.2. The Balaban J connectivity index is 1.89. The predicted molar refractivity (Wildman–Crippen MR) is 81.7 cm³/mol. The molecule has 12 heteroatoms. The number of rotatable bonds is 6. The van der Waals surface area contributed by atoms with Crippen molar-refractivity contribution in [2.24, 2.45) is 0 Å². The zero-order chi connectivity index (χ0) is 18.1. The van der Waals surface area contributed by atoms with Gasteiger partial charge in [-0.05, 0) is 0 Å². The molecule has 3 rings (SSSR count). The highest BCUT2D eigenvalue weighted by molar-refractivity contribution is 8.00. The third-order valence-electron chi connectivity index (χ3n) is 3.70. The van der Waals surface area contributed by atoms with Crippen LogP contribution in [0.1, 0.15) is 6.23 Å². The van der Waals surface area contributed by atoms with E-state index in [0.29, 0.717) is 10.5 Å². The van der Waals surface area contributed by atoms with Crippen LogP contribution in [-0.4, -0.2) is 82.4 Å². The SMILES string of the molecule is O=C(O)C(=O)CSc1ncnc2c1ncn2C1OC(CO)C(O)C1O. The lowest BCUT2D eigenvalue weighted by Gasteiger charge is -2.16. The molecular formula is C13H14N4O7S. The van der Waals surface area contributed by atoms with Crippen molar-refractivity contribution in [2.75, 3.05) is 12.4 Å². The van der Waals surface area contributed by atoms with Crippen LogP contribution in [0, 0.1) is 0 Å². The fraction of sp³-hybridized carbons (Fsp3) is 0.462. The number of carboxylic acid groups (broad SMARTS) is 1. The standard InChI is InChI=1S/C13H14N4O7S/c18-1-6-8(20)9(21)12(24-6)17-4-16-7-10(17)14-3-15-11(7)25-2-5(19)13(22)23/h3-4,6,8-9,12,18,20-21H,1-2H2,(H,22,23). The number of hydrogen-bond acceptors (Lipinski definition) is 10. The van der Waals surface area contributed by atoms with Crippen LogP contribution in [-0.2, 0) is 14.3 Å². The maximum atomic E-state index is 11.2. The van der Waals surface area contributed by atoms with Gasteiger partial charge in [0, 0.05) is 0 Å². The number of Topliss-reactive ketones (excluding diaryl/α,β-unsaturated/α-hetero) is 1. The summed E-state index contributed by atoms with van der Waals surface area (Å²) < 4.78 is 6.81. The van der Waals surface area contributed by atoms with Gasteiger partial charge in [-0.1, -0.05) is 11.8 Å². The third-order valence-corrected chi connectivity index (χ3v) is 4.67. The molecule has 0 aliphatic carbocycles. The van der Waals surface area contributed by atoms with Crippen molar-refractivity contribution in [3.63, 3.8) is 0 Å². The number of thioether (sulfide) groups is 1. The molecule has 4 atom stereocenters. The molecule has 0 radical (unpaired) electrons. The maximum absolute atomic E-state index is 11.2. The lowest BCUT2D eigenvalue weighted by molar-refractivity contribution is -0.147. The molecule has 1 fully saturated rings. The van der Waals surface area contributed by atoms with Gasteiger partial charge < -0.3 is 25.2 Å². The number of imidazole rings is 1. The molecule has 1 saturated heterocycles. The molecule has 3 heterocycles. The number of aliphatic hydroxyl groups excluding tert-OH is 3. The number of aromatic nitrogens is 4. The summed E-state index contributed by atoms with van der Waals surface area (Å²) in [6, 6.07) is 0. The van der Waals surface area contributed by atoms with E-state index in [1.807, 2.05) is 0 Å². The molecule has 134 valence electrons. The van der Waals surface area contributed by atoms with Crippen molar-refractivity contribution in [3.8, 4) is 0 Å². The summed E-state index contributed by atoms with van der Waals surface area (Å²) in [5.74, 6) is -2.82. The van der Waals surface area contributed by atoms with E-state index >= 15 is 0 Å². The number of ketones is 1. The van der Waals surface area contributed by atoms with Crippen molar-refractivity contribution >= 4 is 34.7 Å². The minimum atomic E-state index is -1.53. The van der Waals surface area contributed by atoms with Crippen LogP contribution in [0.2, 0.25) is 0 Å². The fourth-order valence-corrected chi connectivity index (χ4v) is 3.22. The average molecular weight is 370 g/mol. The molecule has 2 aromatic rings. The Morgan fingerprint density at radius 2 is 2.00 bits per heavy atom. The van der Waals surface area contributed by atoms with Crippen molar-refractivity contribution < 1.29 is 34.8 Å². The maximum Gasteiger partial charge on any atom is 0.373 e. The Hall–Kier alpha value is -2.12. The van der Waals surface area contributed by atoms with Crippen LogP contribution in [0.5, 0.6) is 0 Å². The van der Waals surface area contributed by atoms with Crippen molar-refractivity contribution in [3.05, 3.63) is 12.7 Å². The van der Waals surface area contributed by atoms with Crippen molar-refractivity contribution in [1.82, 2.24) is 19.5 Å². The smallest absolute Gasteiger partial charge is 0.373 e. The van der Waals surface area contributed by atoms with E-state index in [9.17, 15) is 19.8 Å². The summed E-state index contributed by atoms with van der Waals surface area (Å²) >= 11 is 0.899. The molecule has 2 aromatic heterocycles. The fourth-order valence-electron chi connectivity index (χ4n) is 2.43. The molecule has 25 heavy (non-hydrogen) atoms. The first-order valence-corrected chi connectivity index (χ1v) is 8.11. The number of carboxylic acids is 1. The number of carbonyl (C=O) groups is 2. The lowest BCUT2D eigenvalue weighted by Crippen LogP contribution is -2.33. The van der Waals surface area contributed by atoms with E-state index in [4.69, 9.17) is 14.9 Å². The van der Waals surface area contributed by atoms with Crippen LogP contribution in [0.4, 0.5) is 0 Å². The Kier molecular flexibility index (Phi) is 4.96. The van der Waals surface area contributed by atoms with E-state index in [-0.39, 0.29) is 11.4 Å². The first kappa shape index (κ1) is 17.7. The van der Waals surface area contributed by atoms with Crippen LogP contribution in [0.3, 0.4) is 0 Å². The highest BCUT2D eigenvalue weighted by Crippen LogP contribution is 2.32. The summed E-state index contributed by atoms with van der Waals surface area (Å²) in [6.07, 6.45) is -1.99. The van der Waals surface area contributed by atoms with Gasteiger partial charge in [0.1, 0.15) is 35.2 Å². The minimum Gasteiger partial charge on any atom is -0.475 e.